The number of carbonyl (C=O) groups is 1. The van der Waals surface area contributed by atoms with Gasteiger partial charge in [-0.15, -0.1) is 0 Å². The predicted molar refractivity (Wildman–Crippen MR) is 78.2 cm³/mol. The SMILES string of the molecule is COCC(C)(C)C(=O)NC(c1ncccc1C)C1CC1. The summed E-state index contributed by atoms with van der Waals surface area (Å²) in [6.45, 7) is 6.27. The Balaban J connectivity index is 2.15. The molecule has 1 unspecified atom stereocenters. The molecule has 4 heteroatoms. The van der Waals surface area contributed by atoms with Gasteiger partial charge >= 0.3 is 0 Å². The van der Waals surface area contributed by atoms with Crippen molar-refractivity contribution in [2.24, 2.45) is 11.3 Å². The number of carbonyl (C=O) groups excluding carboxylic acids is 1. The van der Waals surface area contributed by atoms with Crippen molar-refractivity contribution in [3.05, 3.63) is 29.6 Å². The van der Waals surface area contributed by atoms with Crippen LogP contribution in [0.25, 0.3) is 0 Å². The normalized spacial score (nSPS) is 16.8. The summed E-state index contributed by atoms with van der Waals surface area (Å²) >= 11 is 0. The molecule has 20 heavy (non-hydrogen) atoms. The van der Waals surface area contributed by atoms with E-state index in [1.807, 2.05) is 32.9 Å². The summed E-state index contributed by atoms with van der Waals surface area (Å²) in [5.41, 5.74) is 1.61. The molecule has 1 amide bonds. The van der Waals surface area contributed by atoms with E-state index in [1.165, 1.54) is 0 Å². The molecule has 0 radical (unpaired) electrons. The molecule has 0 spiro atoms. The highest BCUT2D eigenvalue weighted by molar-refractivity contribution is 5.82. The fourth-order valence-electron chi connectivity index (χ4n) is 2.43. The first-order valence-electron chi connectivity index (χ1n) is 7.17. The average Bonchev–Trinajstić information content (AvgIpc) is 3.21. The molecular weight excluding hydrogens is 252 g/mol. The van der Waals surface area contributed by atoms with Crippen LogP contribution in [-0.4, -0.2) is 24.6 Å². The third kappa shape index (κ3) is 3.37. The van der Waals surface area contributed by atoms with Crippen molar-refractivity contribution in [3.63, 3.8) is 0 Å². The molecule has 1 saturated carbocycles. The minimum Gasteiger partial charge on any atom is -0.384 e. The minimum atomic E-state index is -0.523. The zero-order valence-electron chi connectivity index (χ0n) is 12.8. The van der Waals surface area contributed by atoms with Crippen LogP contribution in [0.3, 0.4) is 0 Å². The van der Waals surface area contributed by atoms with Crippen molar-refractivity contribution >= 4 is 5.91 Å². The monoisotopic (exact) mass is 276 g/mol. The smallest absolute Gasteiger partial charge is 0.228 e. The van der Waals surface area contributed by atoms with Gasteiger partial charge in [0.05, 0.1) is 23.8 Å². The van der Waals surface area contributed by atoms with Gasteiger partial charge < -0.3 is 10.1 Å². The van der Waals surface area contributed by atoms with Crippen molar-refractivity contribution in [2.75, 3.05) is 13.7 Å². The van der Waals surface area contributed by atoms with Gasteiger partial charge in [0.1, 0.15) is 0 Å². The Bertz CT molecular complexity index is 481. The van der Waals surface area contributed by atoms with E-state index in [2.05, 4.69) is 10.3 Å². The Hall–Kier alpha value is -1.42. The lowest BCUT2D eigenvalue weighted by molar-refractivity contribution is -0.133. The Morgan fingerprint density at radius 2 is 2.25 bits per heavy atom. The molecule has 0 saturated heterocycles. The van der Waals surface area contributed by atoms with Gasteiger partial charge in [-0.25, -0.2) is 0 Å². The number of pyridine rings is 1. The van der Waals surface area contributed by atoms with E-state index in [4.69, 9.17) is 4.74 Å². The number of aromatic nitrogens is 1. The van der Waals surface area contributed by atoms with Gasteiger partial charge in [-0.1, -0.05) is 6.07 Å². The van der Waals surface area contributed by atoms with E-state index in [1.54, 1.807) is 13.3 Å². The highest BCUT2D eigenvalue weighted by Crippen LogP contribution is 2.41. The number of hydrogen-bond acceptors (Lipinski definition) is 3. The van der Waals surface area contributed by atoms with Gasteiger partial charge in [0.25, 0.3) is 0 Å². The number of amides is 1. The second kappa shape index (κ2) is 5.92. The molecule has 4 nitrogen and oxygen atoms in total. The lowest BCUT2D eigenvalue weighted by Gasteiger charge is -2.27. The summed E-state index contributed by atoms with van der Waals surface area (Å²) < 4.78 is 5.14. The standard InChI is InChI=1S/C16H24N2O2/c1-11-6-5-9-17-13(11)14(12-7-8-12)18-15(19)16(2,3)10-20-4/h5-6,9,12,14H,7-8,10H2,1-4H3,(H,18,19). The zero-order chi connectivity index (χ0) is 14.8. The molecule has 1 fully saturated rings. The molecular formula is C16H24N2O2. The molecule has 0 aromatic carbocycles. The molecule has 1 heterocycles. The lowest BCUT2D eigenvalue weighted by atomic mass is 9.92. The molecule has 1 aliphatic carbocycles. The molecule has 2 rings (SSSR count). The van der Waals surface area contributed by atoms with Gasteiger partial charge in [-0.3, -0.25) is 9.78 Å². The summed E-state index contributed by atoms with van der Waals surface area (Å²) in [6.07, 6.45) is 4.11. The molecule has 0 aliphatic heterocycles. The van der Waals surface area contributed by atoms with E-state index in [-0.39, 0.29) is 11.9 Å². The number of rotatable bonds is 6. The highest BCUT2D eigenvalue weighted by Gasteiger charge is 2.38. The fourth-order valence-corrected chi connectivity index (χ4v) is 2.43. The number of methoxy groups -OCH3 is 1. The van der Waals surface area contributed by atoms with Crippen LogP contribution in [-0.2, 0) is 9.53 Å². The summed E-state index contributed by atoms with van der Waals surface area (Å²) in [5.74, 6) is 0.548. The first kappa shape index (κ1) is 15.0. The first-order chi connectivity index (χ1) is 9.45. The van der Waals surface area contributed by atoms with Gasteiger partial charge in [0, 0.05) is 13.3 Å². The summed E-state index contributed by atoms with van der Waals surface area (Å²) in [5, 5.41) is 3.18. The van der Waals surface area contributed by atoms with Gasteiger partial charge in [-0.05, 0) is 51.2 Å². The van der Waals surface area contributed by atoms with E-state index < -0.39 is 5.41 Å². The van der Waals surface area contributed by atoms with Crippen LogP contribution < -0.4 is 5.32 Å². The lowest BCUT2D eigenvalue weighted by Crippen LogP contribution is -2.42. The van der Waals surface area contributed by atoms with Crippen LogP contribution in [0.15, 0.2) is 18.3 Å². The van der Waals surface area contributed by atoms with Crippen LogP contribution in [0.1, 0.15) is 44.0 Å². The number of nitrogens with one attached hydrogen (secondary N) is 1. The van der Waals surface area contributed by atoms with Gasteiger partial charge in [-0.2, -0.15) is 0 Å². The summed E-state index contributed by atoms with van der Waals surface area (Å²) in [6, 6.07) is 4.00. The summed E-state index contributed by atoms with van der Waals surface area (Å²) in [7, 11) is 1.62. The van der Waals surface area contributed by atoms with Crippen molar-refractivity contribution in [1.29, 1.82) is 0 Å². The van der Waals surface area contributed by atoms with E-state index in [0.717, 1.165) is 24.1 Å². The van der Waals surface area contributed by atoms with Crippen LogP contribution in [0, 0.1) is 18.3 Å². The van der Waals surface area contributed by atoms with E-state index in [9.17, 15) is 4.79 Å². The van der Waals surface area contributed by atoms with Crippen molar-refractivity contribution in [3.8, 4) is 0 Å². The quantitative estimate of drug-likeness (QED) is 0.869. The predicted octanol–water partition coefficient (Wildman–Crippen LogP) is 2.63. The third-order valence-corrected chi connectivity index (χ3v) is 3.84. The van der Waals surface area contributed by atoms with Crippen molar-refractivity contribution in [1.82, 2.24) is 10.3 Å². The molecule has 1 aromatic heterocycles. The largest absolute Gasteiger partial charge is 0.384 e. The second-order valence-electron chi connectivity index (χ2n) is 6.31. The van der Waals surface area contributed by atoms with Crippen LogP contribution in [0.4, 0.5) is 0 Å². The molecule has 0 bridgehead atoms. The first-order valence-corrected chi connectivity index (χ1v) is 7.17. The number of hydrogen-bond donors (Lipinski definition) is 1. The Morgan fingerprint density at radius 3 is 2.80 bits per heavy atom. The van der Waals surface area contributed by atoms with E-state index in [0.29, 0.717) is 12.5 Å². The van der Waals surface area contributed by atoms with Crippen LogP contribution >= 0.6 is 0 Å². The second-order valence-corrected chi connectivity index (χ2v) is 6.31. The number of nitrogens with zero attached hydrogens (tertiary/aromatic N) is 1. The molecule has 1 N–H and O–H groups in total. The van der Waals surface area contributed by atoms with Gasteiger partial charge in [0.15, 0.2) is 0 Å². The number of ether oxygens (including phenoxy) is 1. The molecule has 1 aliphatic rings. The van der Waals surface area contributed by atoms with Crippen molar-refractivity contribution in [2.45, 2.75) is 39.7 Å². The maximum Gasteiger partial charge on any atom is 0.228 e. The van der Waals surface area contributed by atoms with Gasteiger partial charge in [0.2, 0.25) is 5.91 Å². The molecule has 1 aromatic rings. The zero-order valence-corrected chi connectivity index (χ0v) is 12.8. The highest BCUT2D eigenvalue weighted by atomic mass is 16.5. The maximum absolute atomic E-state index is 12.5. The topological polar surface area (TPSA) is 51.2 Å². The summed E-state index contributed by atoms with van der Waals surface area (Å²) in [4.78, 5) is 16.9. The fraction of sp³-hybridized carbons (Fsp3) is 0.625. The van der Waals surface area contributed by atoms with Crippen molar-refractivity contribution < 1.29 is 9.53 Å². The van der Waals surface area contributed by atoms with Crippen LogP contribution in [0.5, 0.6) is 0 Å². The molecule has 1 atom stereocenters. The maximum atomic E-state index is 12.5. The third-order valence-electron chi connectivity index (χ3n) is 3.84. The van der Waals surface area contributed by atoms with E-state index >= 15 is 0 Å². The Labute approximate surface area is 120 Å². The average molecular weight is 276 g/mol. The number of aryl methyl sites for hydroxylation is 1. The van der Waals surface area contributed by atoms with Crippen LogP contribution in [0.2, 0.25) is 0 Å². The minimum absolute atomic E-state index is 0.0276. The molecule has 110 valence electrons. The Kier molecular flexibility index (Phi) is 4.43. The Morgan fingerprint density at radius 1 is 1.55 bits per heavy atom.